The fourth-order valence-corrected chi connectivity index (χ4v) is 3.69. The first-order chi connectivity index (χ1) is 14.3. The number of aromatic nitrogens is 2. The molecule has 0 aliphatic carbocycles. The predicted octanol–water partition coefficient (Wildman–Crippen LogP) is 5.10. The maximum atomic E-state index is 12.7. The van der Waals surface area contributed by atoms with Crippen molar-refractivity contribution in [1.82, 2.24) is 9.97 Å². The van der Waals surface area contributed by atoms with Gasteiger partial charge in [-0.15, -0.1) is 11.3 Å². The maximum absolute atomic E-state index is 12.7. The second kappa shape index (κ2) is 8.46. The van der Waals surface area contributed by atoms with Crippen LogP contribution in [0.4, 0.5) is 0 Å². The molecule has 0 aliphatic rings. The molecule has 5 nitrogen and oxygen atoms in total. The van der Waals surface area contributed by atoms with Gasteiger partial charge in [0.1, 0.15) is 11.6 Å². The minimum atomic E-state index is -0.458. The lowest BCUT2D eigenvalue weighted by molar-refractivity contribution is 0.0469. The largest absolute Gasteiger partial charge is 0.456 e. The van der Waals surface area contributed by atoms with E-state index >= 15 is 0 Å². The van der Waals surface area contributed by atoms with Crippen LogP contribution < -0.4 is 0 Å². The molecule has 0 spiro atoms. The van der Waals surface area contributed by atoms with Crippen LogP contribution in [0.1, 0.15) is 21.6 Å². The summed E-state index contributed by atoms with van der Waals surface area (Å²) in [4.78, 5) is 21.5. The minimum absolute atomic E-state index is 0.0659. The van der Waals surface area contributed by atoms with E-state index in [1.165, 1.54) is 11.3 Å². The number of rotatable bonds is 5. The number of hydrogen-bond donors (Lipinski definition) is 0. The summed E-state index contributed by atoms with van der Waals surface area (Å²) in [5.41, 5.74) is 3.74. The quantitative estimate of drug-likeness (QED) is 0.438. The first-order valence-electron chi connectivity index (χ1n) is 8.87. The highest BCUT2D eigenvalue weighted by Crippen LogP contribution is 2.28. The van der Waals surface area contributed by atoms with E-state index in [1.807, 2.05) is 47.8 Å². The molecule has 0 saturated carbocycles. The van der Waals surface area contributed by atoms with Crippen LogP contribution in [-0.2, 0) is 11.3 Å². The Bertz CT molecular complexity index is 1200. The lowest BCUT2D eigenvalue weighted by Gasteiger charge is -2.10. The van der Waals surface area contributed by atoms with Gasteiger partial charge in [-0.05, 0) is 29.8 Å². The van der Waals surface area contributed by atoms with Crippen LogP contribution in [-0.4, -0.2) is 15.9 Å². The van der Waals surface area contributed by atoms with Crippen LogP contribution in [0, 0.1) is 11.3 Å². The number of hydrogen-bond acceptors (Lipinski definition) is 6. The Labute approximate surface area is 171 Å². The summed E-state index contributed by atoms with van der Waals surface area (Å²) in [6, 6.07) is 22.1. The predicted molar refractivity (Wildman–Crippen MR) is 111 cm³/mol. The van der Waals surface area contributed by atoms with Crippen LogP contribution >= 0.6 is 11.3 Å². The zero-order valence-corrected chi connectivity index (χ0v) is 16.1. The van der Waals surface area contributed by atoms with E-state index in [-0.39, 0.29) is 6.61 Å². The fourth-order valence-electron chi connectivity index (χ4n) is 2.91. The van der Waals surface area contributed by atoms with Gasteiger partial charge in [0, 0.05) is 17.1 Å². The van der Waals surface area contributed by atoms with E-state index in [2.05, 4.69) is 16.0 Å². The molecule has 0 fully saturated rings. The molecule has 4 aromatic rings. The summed E-state index contributed by atoms with van der Waals surface area (Å²) in [5.74, 6) is -0.458. The molecule has 29 heavy (non-hydrogen) atoms. The number of carbonyl (C=O) groups is 1. The number of carbonyl (C=O) groups excluding carboxylic acids is 1. The summed E-state index contributed by atoms with van der Waals surface area (Å²) in [5, 5.41) is 12.0. The molecule has 0 bridgehead atoms. The number of thiazole rings is 1. The van der Waals surface area contributed by atoms with Crippen molar-refractivity contribution in [3.63, 3.8) is 0 Å². The standard InChI is InChI=1S/C23H15N3O2S/c24-13-16-7-1-2-8-18(16)19-9-3-4-10-20(19)23(27)28-14-17-15-29-22(26-17)21-11-5-6-12-25-21/h1-12,15H,14H2. The SMILES string of the molecule is N#Cc1ccccc1-c1ccccc1C(=O)OCc1csc(-c2ccccn2)n1. The van der Waals surface area contributed by atoms with Crippen LogP contribution in [0.3, 0.4) is 0 Å². The first kappa shape index (κ1) is 18.5. The molecule has 4 rings (SSSR count). The van der Waals surface area contributed by atoms with Gasteiger partial charge < -0.3 is 4.74 Å². The van der Waals surface area contributed by atoms with Gasteiger partial charge in [-0.25, -0.2) is 9.78 Å². The molecule has 140 valence electrons. The van der Waals surface area contributed by atoms with E-state index in [0.717, 1.165) is 10.7 Å². The highest BCUT2D eigenvalue weighted by atomic mass is 32.1. The van der Waals surface area contributed by atoms with E-state index in [9.17, 15) is 10.1 Å². The highest BCUT2D eigenvalue weighted by molar-refractivity contribution is 7.13. The molecule has 2 heterocycles. The number of nitriles is 1. The molecule has 2 aromatic carbocycles. The molecule has 0 radical (unpaired) electrons. The van der Waals surface area contributed by atoms with Crippen molar-refractivity contribution in [1.29, 1.82) is 5.26 Å². The van der Waals surface area contributed by atoms with E-state index in [0.29, 0.717) is 27.9 Å². The van der Waals surface area contributed by atoms with Crippen molar-refractivity contribution >= 4 is 17.3 Å². The Morgan fingerprint density at radius 2 is 1.76 bits per heavy atom. The molecular weight excluding hydrogens is 382 g/mol. The Balaban J connectivity index is 1.53. The Morgan fingerprint density at radius 3 is 2.55 bits per heavy atom. The van der Waals surface area contributed by atoms with Gasteiger partial charge in [-0.3, -0.25) is 4.98 Å². The van der Waals surface area contributed by atoms with Crippen molar-refractivity contribution in [2.45, 2.75) is 6.61 Å². The zero-order valence-electron chi connectivity index (χ0n) is 15.3. The number of pyridine rings is 1. The normalized spacial score (nSPS) is 10.3. The Morgan fingerprint density at radius 1 is 1.00 bits per heavy atom. The average molecular weight is 397 g/mol. The first-order valence-corrected chi connectivity index (χ1v) is 9.75. The number of esters is 1. The molecule has 6 heteroatoms. The van der Waals surface area contributed by atoms with Gasteiger partial charge >= 0.3 is 5.97 Å². The maximum Gasteiger partial charge on any atom is 0.339 e. The smallest absolute Gasteiger partial charge is 0.339 e. The van der Waals surface area contributed by atoms with Gasteiger partial charge in [0.2, 0.25) is 0 Å². The van der Waals surface area contributed by atoms with Gasteiger partial charge in [0.15, 0.2) is 0 Å². The van der Waals surface area contributed by atoms with E-state index in [4.69, 9.17) is 4.74 Å². The molecule has 2 aromatic heterocycles. The third-order valence-corrected chi connectivity index (χ3v) is 5.19. The lowest BCUT2D eigenvalue weighted by atomic mass is 9.96. The second-order valence-corrected chi connectivity index (χ2v) is 7.00. The van der Waals surface area contributed by atoms with Crippen molar-refractivity contribution in [3.05, 3.63) is 95.1 Å². The average Bonchev–Trinajstić information content (AvgIpc) is 3.27. The molecule has 0 N–H and O–H groups in total. The highest BCUT2D eigenvalue weighted by Gasteiger charge is 2.16. The molecule has 0 amide bonds. The lowest BCUT2D eigenvalue weighted by Crippen LogP contribution is -2.07. The van der Waals surface area contributed by atoms with Crippen molar-refractivity contribution in [2.75, 3.05) is 0 Å². The zero-order chi connectivity index (χ0) is 20.1. The topological polar surface area (TPSA) is 75.9 Å². The summed E-state index contributed by atoms with van der Waals surface area (Å²) < 4.78 is 5.50. The van der Waals surface area contributed by atoms with E-state index in [1.54, 1.807) is 30.5 Å². The number of benzene rings is 2. The summed E-state index contributed by atoms with van der Waals surface area (Å²) in [7, 11) is 0. The van der Waals surface area contributed by atoms with Crippen molar-refractivity contribution in [3.8, 4) is 27.9 Å². The van der Waals surface area contributed by atoms with Crippen LogP contribution in [0.25, 0.3) is 21.8 Å². The van der Waals surface area contributed by atoms with E-state index < -0.39 is 5.97 Å². The van der Waals surface area contributed by atoms with Crippen molar-refractivity contribution < 1.29 is 9.53 Å². The van der Waals surface area contributed by atoms with Gasteiger partial charge in [0.05, 0.1) is 28.6 Å². The van der Waals surface area contributed by atoms with Gasteiger partial charge in [-0.2, -0.15) is 5.26 Å². The van der Waals surface area contributed by atoms with Gasteiger partial charge in [0.25, 0.3) is 0 Å². The van der Waals surface area contributed by atoms with Crippen LogP contribution in [0.5, 0.6) is 0 Å². The molecule has 0 aliphatic heterocycles. The Kier molecular flexibility index (Phi) is 5.41. The number of nitrogens with zero attached hydrogens (tertiary/aromatic N) is 3. The summed E-state index contributed by atoms with van der Waals surface area (Å²) in [6.07, 6.45) is 1.71. The molecule has 0 saturated heterocycles. The summed E-state index contributed by atoms with van der Waals surface area (Å²) >= 11 is 1.45. The third-order valence-electron chi connectivity index (χ3n) is 4.27. The summed E-state index contributed by atoms with van der Waals surface area (Å²) in [6.45, 7) is 0.0659. The third kappa shape index (κ3) is 4.05. The fraction of sp³-hybridized carbons (Fsp3) is 0.0435. The van der Waals surface area contributed by atoms with Gasteiger partial charge in [-0.1, -0.05) is 42.5 Å². The molecular formula is C23H15N3O2S. The monoisotopic (exact) mass is 397 g/mol. The van der Waals surface area contributed by atoms with Crippen LogP contribution in [0.15, 0.2) is 78.3 Å². The van der Waals surface area contributed by atoms with Crippen molar-refractivity contribution in [2.24, 2.45) is 0 Å². The van der Waals surface area contributed by atoms with Crippen LogP contribution in [0.2, 0.25) is 0 Å². The molecule has 0 unspecified atom stereocenters. The Hall–Kier alpha value is -3.82. The molecule has 0 atom stereocenters. The number of ether oxygens (including phenoxy) is 1. The minimum Gasteiger partial charge on any atom is -0.456 e. The second-order valence-electron chi connectivity index (χ2n) is 6.14.